The van der Waals surface area contributed by atoms with Crippen molar-refractivity contribution in [2.24, 2.45) is 0 Å². The first-order valence-electron chi connectivity index (χ1n) is 9.03. The number of rotatable bonds is 4. The van der Waals surface area contributed by atoms with E-state index in [4.69, 9.17) is 0 Å². The van der Waals surface area contributed by atoms with E-state index >= 15 is 0 Å². The molecule has 134 valence electrons. The SMILES string of the molecule is O=C1NC(=O)N2CCN(C(=O)NCCNC3CCCCCC3)CC12. The summed E-state index contributed by atoms with van der Waals surface area (Å²) in [5.74, 6) is -0.312. The topological polar surface area (TPSA) is 93.8 Å². The normalized spacial score (nSPS) is 25.2. The van der Waals surface area contributed by atoms with Gasteiger partial charge in [0.2, 0.25) is 0 Å². The average Bonchev–Trinajstić information content (AvgIpc) is 2.77. The number of carbonyl (C=O) groups excluding carboxylic acids is 3. The molecule has 3 fully saturated rings. The van der Waals surface area contributed by atoms with E-state index in [-0.39, 0.29) is 24.5 Å². The molecule has 1 saturated carbocycles. The molecule has 1 aliphatic carbocycles. The second kappa shape index (κ2) is 7.83. The Morgan fingerprint density at radius 3 is 2.58 bits per heavy atom. The Bertz CT molecular complexity index is 490. The second-order valence-corrected chi connectivity index (χ2v) is 6.82. The zero-order valence-electron chi connectivity index (χ0n) is 14.1. The van der Waals surface area contributed by atoms with Crippen molar-refractivity contribution in [3.8, 4) is 0 Å². The summed E-state index contributed by atoms with van der Waals surface area (Å²) in [6.07, 6.45) is 7.69. The van der Waals surface area contributed by atoms with E-state index in [1.165, 1.54) is 43.4 Å². The third kappa shape index (κ3) is 3.98. The van der Waals surface area contributed by atoms with Crippen LogP contribution in [0.1, 0.15) is 38.5 Å². The average molecular weight is 337 g/mol. The highest BCUT2D eigenvalue weighted by Crippen LogP contribution is 2.17. The van der Waals surface area contributed by atoms with Gasteiger partial charge in [0.15, 0.2) is 0 Å². The van der Waals surface area contributed by atoms with E-state index in [0.717, 1.165) is 6.54 Å². The minimum absolute atomic E-state index is 0.163. The molecule has 2 aliphatic heterocycles. The fraction of sp³-hybridized carbons (Fsp3) is 0.812. The molecule has 0 aromatic rings. The van der Waals surface area contributed by atoms with E-state index in [1.807, 2.05) is 0 Å². The van der Waals surface area contributed by atoms with E-state index < -0.39 is 6.04 Å². The minimum Gasteiger partial charge on any atom is -0.337 e. The maximum absolute atomic E-state index is 12.2. The number of hydrogen-bond donors (Lipinski definition) is 3. The van der Waals surface area contributed by atoms with Crippen molar-refractivity contribution < 1.29 is 14.4 Å². The van der Waals surface area contributed by atoms with Crippen LogP contribution in [0.3, 0.4) is 0 Å². The Morgan fingerprint density at radius 2 is 1.83 bits per heavy atom. The lowest BCUT2D eigenvalue weighted by Gasteiger charge is -2.35. The lowest BCUT2D eigenvalue weighted by Crippen LogP contribution is -2.57. The van der Waals surface area contributed by atoms with E-state index in [1.54, 1.807) is 4.90 Å². The molecule has 0 radical (unpaired) electrons. The largest absolute Gasteiger partial charge is 0.337 e. The van der Waals surface area contributed by atoms with Crippen molar-refractivity contribution in [2.45, 2.75) is 50.6 Å². The van der Waals surface area contributed by atoms with Crippen LogP contribution in [0, 0.1) is 0 Å². The van der Waals surface area contributed by atoms with Gasteiger partial charge in [-0.2, -0.15) is 0 Å². The van der Waals surface area contributed by atoms with Crippen molar-refractivity contribution in [3.05, 3.63) is 0 Å². The van der Waals surface area contributed by atoms with Crippen molar-refractivity contribution in [2.75, 3.05) is 32.7 Å². The zero-order valence-corrected chi connectivity index (χ0v) is 14.1. The molecule has 0 spiro atoms. The van der Waals surface area contributed by atoms with Gasteiger partial charge in [0.1, 0.15) is 6.04 Å². The molecule has 3 aliphatic rings. The van der Waals surface area contributed by atoms with Gasteiger partial charge in [0.05, 0.1) is 6.54 Å². The van der Waals surface area contributed by atoms with Gasteiger partial charge in [-0.3, -0.25) is 10.1 Å². The van der Waals surface area contributed by atoms with Crippen LogP contribution in [-0.2, 0) is 4.79 Å². The summed E-state index contributed by atoms with van der Waals surface area (Å²) in [6, 6.07) is -0.482. The number of carbonyl (C=O) groups is 3. The molecule has 24 heavy (non-hydrogen) atoms. The Hall–Kier alpha value is -1.83. The molecule has 8 heteroatoms. The molecule has 2 saturated heterocycles. The molecular formula is C16H27N5O3. The predicted molar refractivity (Wildman–Crippen MR) is 88.5 cm³/mol. The molecule has 8 nitrogen and oxygen atoms in total. The Kier molecular flexibility index (Phi) is 5.55. The maximum atomic E-state index is 12.2. The van der Waals surface area contributed by atoms with Gasteiger partial charge >= 0.3 is 12.1 Å². The van der Waals surface area contributed by atoms with Crippen LogP contribution in [0.15, 0.2) is 0 Å². The fourth-order valence-electron chi connectivity index (χ4n) is 3.74. The number of fused-ring (bicyclic) bond motifs is 1. The van der Waals surface area contributed by atoms with E-state index in [9.17, 15) is 14.4 Å². The fourth-order valence-corrected chi connectivity index (χ4v) is 3.74. The molecule has 1 unspecified atom stereocenters. The smallest absolute Gasteiger partial charge is 0.324 e. The van der Waals surface area contributed by atoms with Crippen LogP contribution in [0.25, 0.3) is 0 Å². The summed E-state index contributed by atoms with van der Waals surface area (Å²) < 4.78 is 0. The summed E-state index contributed by atoms with van der Waals surface area (Å²) in [5.41, 5.74) is 0. The zero-order chi connectivity index (χ0) is 16.9. The van der Waals surface area contributed by atoms with Crippen molar-refractivity contribution in [1.82, 2.24) is 25.8 Å². The minimum atomic E-state index is -0.541. The standard InChI is InChI=1S/C16H27N5O3/c22-14-13-11-20(9-10-21(13)16(24)19-14)15(23)18-8-7-17-12-5-3-1-2-4-6-12/h12-13,17H,1-11H2,(H,18,23)(H,19,22,24). The first kappa shape index (κ1) is 17.0. The highest BCUT2D eigenvalue weighted by molar-refractivity contribution is 6.04. The Balaban J connectivity index is 1.36. The molecule has 3 N–H and O–H groups in total. The summed E-state index contributed by atoms with van der Waals surface area (Å²) in [4.78, 5) is 38.6. The first-order chi connectivity index (χ1) is 11.6. The summed E-state index contributed by atoms with van der Waals surface area (Å²) in [5, 5.41) is 8.71. The van der Waals surface area contributed by atoms with Gasteiger partial charge in [-0.15, -0.1) is 0 Å². The van der Waals surface area contributed by atoms with Crippen LogP contribution < -0.4 is 16.0 Å². The maximum Gasteiger partial charge on any atom is 0.324 e. The number of nitrogens with one attached hydrogen (secondary N) is 3. The predicted octanol–water partition coefficient (Wildman–Crippen LogP) is 0.244. The third-order valence-corrected chi connectivity index (χ3v) is 5.15. The molecule has 5 amide bonds. The number of amides is 5. The summed E-state index contributed by atoms with van der Waals surface area (Å²) in [6.45, 7) is 2.46. The van der Waals surface area contributed by atoms with Crippen molar-refractivity contribution >= 4 is 18.0 Å². The van der Waals surface area contributed by atoms with E-state index in [0.29, 0.717) is 25.7 Å². The van der Waals surface area contributed by atoms with Gasteiger partial charge in [0, 0.05) is 32.2 Å². The van der Waals surface area contributed by atoms with E-state index in [2.05, 4.69) is 16.0 Å². The summed E-state index contributed by atoms with van der Waals surface area (Å²) in [7, 11) is 0. The van der Waals surface area contributed by atoms with Crippen LogP contribution in [0.5, 0.6) is 0 Å². The lowest BCUT2D eigenvalue weighted by atomic mass is 10.1. The third-order valence-electron chi connectivity index (χ3n) is 5.15. The number of urea groups is 2. The quantitative estimate of drug-likeness (QED) is 0.389. The number of hydrogen-bond acceptors (Lipinski definition) is 4. The van der Waals surface area contributed by atoms with Gasteiger partial charge < -0.3 is 20.4 Å². The van der Waals surface area contributed by atoms with Gasteiger partial charge in [-0.25, -0.2) is 9.59 Å². The Labute approximate surface area is 142 Å². The van der Waals surface area contributed by atoms with Crippen molar-refractivity contribution in [3.63, 3.8) is 0 Å². The molecule has 0 aromatic heterocycles. The lowest BCUT2D eigenvalue weighted by molar-refractivity contribution is -0.122. The number of nitrogens with zero attached hydrogens (tertiary/aromatic N) is 2. The first-order valence-corrected chi connectivity index (χ1v) is 9.03. The van der Waals surface area contributed by atoms with Gasteiger partial charge in [-0.05, 0) is 12.8 Å². The molecule has 3 rings (SSSR count). The number of piperazine rings is 1. The number of imide groups is 1. The highest BCUT2D eigenvalue weighted by Gasteiger charge is 2.42. The van der Waals surface area contributed by atoms with Crippen LogP contribution in [0.2, 0.25) is 0 Å². The van der Waals surface area contributed by atoms with Gasteiger partial charge in [-0.1, -0.05) is 25.7 Å². The summed E-state index contributed by atoms with van der Waals surface area (Å²) >= 11 is 0. The van der Waals surface area contributed by atoms with Gasteiger partial charge in [0.25, 0.3) is 5.91 Å². The van der Waals surface area contributed by atoms with Crippen LogP contribution in [-0.4, -0.2) is 72.6 Å². The van der Waals surface area contributed by atoms with Crippen LogP contribution >= 0.6 is 0 Å². The Morgan fingerprint density at radius 1 is 1.08 bits per heavy atom. The molecule has 0 bridgehead atoms. The molecule has 0 aromatic carbocycles. The molecule has 2 heterocycles. The monoisotopic (exact) mass is 337 g/mol. The van der Waals surface area contributed by atoms with Crippen LogP contribution in [0.4, 0.5) is 9.59 Å². The molecular weight excluding hydrogens is 310 g/mol. The second-order valence-electron chi connectivity index (χ2n) is 6.82. The molecule has 1 atom stereocenters. The highest BCUT2D eigenvalue weighted by atomic mass is 16.2. The van der Waals surface area contributed by atoms with Crippen molar-refractivity contribution in [1.29, 1.82) is 0 Å².